The molecule has 1 fully saturated rings. The number of methoxy groups -OCH3 is 3. The molecule has 1 saturated heterocycles. The van der Waals surface area contributed by atoms with Crippen LogP contribution in [-0.4, -0.2) is 38.7 Å². The molecule has 2 aromatic carbocycles. The van der Waals surface area contributed by atoms with Crippen LogP contribution < -0.4 is 14.2 Å². The maximum Gasteiger partial charge on any atom is 0.223 e. The van der Waals surface area contributed by atoms with Crippen molar-refractivity contribution in [3.8, 4) is 17.2 Å². The number of rotatable bonds is 7. The van der Waals surface area contributed by atoms with E-state index in [1.54, 1.807) is 21.3 Å². The third-order valence-corrected chi connectivity index (χ3v) is 5.16. The molecule has 3 rings (SSSR count). The number of aryl methyl sites for hydroxylation is 1. The van der Waals surface area contributed by atoms with Gasteiger partial charge in [-0.15, -0.1) is 0 Å². The smallest absolute Gasteiger partial charge is 0.223 e. The lowest BCUT2D eigenvalue weighted by Gasteiger charge is -2.26. The fourth-order valence-electron chi connectivity index (χ4n) is 3.67. The maximum atomic E-state index is 12.9. The van der Waals surface area contributed by atoms with Gasteiger partial charge in [0, 0.05) is 24.6 Å². The molecule has 0 saturated carbocycles. The van der Waals surface area contributed by atoms with Gasteiger partial charge in [-0.05, 0) is 49.1 Å². The Hall–Kier alpha value is -2.69. The Kier molecular flexibility index (Phi) is 6.22. The highest BCUT2D eigenvalue weighted by molar-refractivity contribution is 5.77. The fourth-order valence-corrected chi connectivity index (χ4v) is 3.67. The molecule has 1 amide bonds. The fraction of sp³-hybridized carbons (Fsp3) is 0.409. The van der Waals surface area contributed by atoms with Gasteiger partial charge in [0.15, 0.2) is 0 Å². The number of hydrogen-bond acceptors (Lipinski definition) is 4. The summed E-state index contributed by atoms with van der Waals surface area (Å²) in [5.74, 6) is 2.54. The number of hydrogen-bond donors (Lipinski definition) is 0. The standard InChI is InChI=1S/C22H27NO4/c1-25-17-9-6-16(7-10-17)8-13-22(24)23-14-4-5-20(23)19-12-11-18(26-2)15-21(19)27-3/h6-7,9-12,15,20H,4-5,8,13-14H2,1-3H3. The molecule has 5 heteroatoms. The number of carbonyl (C=O) groups excluding carboxylic acids is 1. The Morgan fingerprint density at radius 2 is 1.70 bits per heavy atom. The first-order chi connectivity index (χ1) is 13.2. The van der Waals surface area contributed by atoms with E-state index in [1.807, 2.05) is 47.4 Å². The first-order valence-electron chi connectivity index (χ1n) is 9.30. The first-order valence-corrected chi connectivity index (χ1v) is 9.30. The van der Waals surface area contributed by atoms with Crippen molar-refractivity contribution in [2.24, 2.45) is 0 Å². The lowest BCUT2D eigenvalue weighted by atomic mass is 10.0. The quantitative estimate of drug-likeness (QED) is 0.740. The third kappa shape index (κ3) is 4.35. The molecule has 2 aromatic rings. The van der Waals surface area contributed by atoms with Crippen LogP contribution in [0.15, 0.2) is 42.5 Å². The van der Waals surface area contributed by atoms with Gasteiger partial charge < -0.3 is 19.1 Å². The van der Waals surface area contributed by atoms with Crippen LogP contribution in [0.2, 0.25) is 0 Å². The van der Waals surface area contributed by atoms with Crippen LogP contribution in [0.4, 0.5) is 0 Å². The minimum Gasteiger partial charge on any atom is -0.497 e. The summed E-state index contributed by atoms with van der Waals surface area (Å²) in [6.07, 6.45) is 3.19. The summed E-state index contributed by atoms with van der Waals surface area (Å²) in [6, 6.07) is 13.8. The van der Waals surface area contributed by atoms with Gasteiger partial charge in [-0.2, -0.15) is 0 Å². The Balaban J connectivity index is 1.69. The highest BCUT2D eigenvalue weighted by Gasteiger charge is 2.31. The monoisotopic (exact) mass is 369 g/mol. The zero-order chi connectivity index (χ0) is 19.2. The van der Waals surface area contributed by atoms with E-state index >= 15 is 0 Å². The number of ether oxygens (including phenoxy) is 3. The molecule has 0 spiro atoms. The van der Waals surface area contributed by atoms with E-state index in [1.165, 1.54) is 0 Å². The summed E-state index contributed by atoms with van der Waals surface area (Å²) < 4.78 is 16.0. The zero-order valence-electron chi connectivity index (χ0n) is 16.2. The van der Waals surface area contributed by atoms with Gasteiger partial charge in [-0.1, -0.05) is 12.1 Å². The van der Waals surface area contributed by atoms with Crippen LogP contribution in [0, 0.1) is 0 Å². The van der Waals surface area contributed by atoms with E-state index in [-0.39, 0.29) is 11.9 Å². The Labute approximate surface area is 160 Å². The van der Waals surface area contributed by atoms with Crippen molar-refractivity contribution in [1.29, 1.82) is 0 Å². The highest BCUT2D eigenvalue weighted by Crippen LogP contribution is 2.39. The molecule has 0 bridgehead atoms. The number of likely N-dealkylation sites (tertiary alicyclic amines) is 1. The Morgan fingerprint density at radius 1 is 1.00 bits per heavy atom. The van der Waals surface area contributed by atoms with E-state index < -0.39 is 0 Å². The van der Waals surface area contributed by atoms with Gasteiger partial charge in [-0.25, -0.2) is 0 Å². The van der Waals surface area contributed by atoms with Gasteiger partial charge in [0.1, 0.15) is 17.2 Å². The van der Waals surface area contributed by atoms with Crippen molar-refractivity contribution in [2.75, 3.05) is 27.9 Å². The molecule has 1 unspecified atom stereocenters. The molecule has 5 nitrogen and oxygen atoms in total. The molecule has 0 radical (unpaired) electrons. The van der Waals surface area contributed by atoms with Crippen molar-refractivity contribution in [3.63, 3.8) is 0 Å². The average molecular weight is 369 g/mol. The average Bonchev–Trinajstić information content (AvgIpc) is 3.21. The second-order valence-corrected chi connectivity index (χ2v) is 6.70. The highest BCUT2D eigenvalue weighted by atomic mass is 16.5. The van der Waals surface area contributed by atoms with Crippen molar-refractivity contribution >= 4 is 5.91 Å². The minimum atomic E-state index is 0.0641. The molecular formula is C22H27NO4. The molecule has 1 heterocycles. The van der Waals surface area contributed by atoms with Crippen LogP contribution in [0.3, 0.4) is 0 Å². The van der Waals surface area contributed by atoms with Crippen molar-refractivity contribution in [2.45, 2.75) is 31.7 Å². The Bertz CT molecular complexity index is 772. The van der Waals surface area contributed by atoms with E-state index in [2.05, 4.69) is 0 Å². The molecule has 0 aliphatic carbocycles. The molecule has 0 N–H and O–H groups in total. The van der Waals surface area contributed by atoms with Crippen LogP contribution in [-0.2, 0) is 11.2 Å². The summed E-state index contributed by atoms with van der Waals surface area (Å²) in [4.78, 5) is 14.9. The van der Waals surface area contributed by atoms with Crippen molar-refractivity contribution < 1.29 is 19.0 Å². The maximum absolute atomic E-state index is 12.9. The summed E-state index contributed by atoms with van der Waals surface area (Å²) in [7, 11) is 4.95. The van der Waals surface area contributed by atoms with Crippen LogP contribution >= 0.6 is 0 Å². The predicted octanol–water partition coefficient (Wildman–Crippen LogP) is 4.01. The number of amides is 1. The van der Waals surface area contributed by atoms with Gasteiger partial charge in [0.2, 0.25) is 5.91 Å². The first kappa shape index (κ1) is 19.1. The summed E-state index contributed by atoms with van der Waals surface area (Å²) in [6.45, 7) is 0.793. The zero-order valence-corrected chi connectivity index (χ0v) is 16.2. The summed E-state index contributed by atoms with van der Waals surface area (Å²) in [5, 5.41) is 0. The minimum absolute atomic E-state index is 0.0641. The number of benzene rings is 2. The largest absolute Gasteiger partial charge is 0.497 e. The Morgan fingerprint density at radius 3 is 2.37 bits per heavy atom. The lowest BCUT2D eigenvalue weighted by Crippen LogP contribution is -2.30. The van der Waals surface area contributed by atoms with Gasteiger partial charge in [-0.3, -0.25) is 4.79 Å². The molecular weight excluding hydrogens is 342 g/mol. The molecule has 27 heavy (non-hydrogen) atoms. The lowest BCUT2D eigenvalue weighted by molar-refractivity contribution is -0.132. The van der Waals surface area contributed by atoms with Gasteiger partial charge in [0.05, 0.1) is 27.4 Å². The topological polar surface area (TPSA) is 48.0 Å². The molecule has 0 aromatic heterocycles. The van der Waals surface area contributed by atoms with Gasteiger partial charge in [0.25, 0.3) is 0 Å². The van der Waals surface area contributed by atoms with E-state index in [0.717, 1.165) is 54.2 Å². The number of nitrogens with zero attached hydrogens (tertiary/aromatic N) is 1. The molecule has 1 aliphatic heterocycles. The van der Waals surface area contributed by atoms with E-state index in [4.69, 9.17) is 14.2 Å². The number of carbonyl (C=O) groups is 1. The summed E-state index contributed by atoms with van der Waals surface area (Å²) >= 11 is 0. The van der Waals surface area contributed by atoms with E-state index in [0.29, 0.717) is 6.42 Å². The SMILES string of the molecule is COc1ccc(CCC(=O)N2CCCC2c2ccc(OC)cc2OC)cc1. The molecule has 144 valence electrons. The predicted molar refractivity (Wildman–Crippen MR) is 105 cm³/mol. The van der Waals surface area contributed by atoms with Crippen LogP contribution in [0.1, 0.15) is 36.4 Å². The van der Waals surface area contributed by atoms with Crippen LogP contribution in [0.25, 0.3) is 0 Å². The summed E-state index contributed by atoms with van der Waals surface area (Å²) in [5.41, 5.74) is 2.19. The second-order valence-electron chi connectivity index (χ2n) is 6.70. The third-order valence-electron chi connectivity index (χ3n) is 5.16. The van der Waals surface area contributed by atoms with Gasteiger partial charge >= 0.3 is 0 Å². The van der Waals surface area contributed by atoms with E-state index in [9.17, 15) is 4.79 Å². The van der Waals surface area contributed by atoms with Crippen molar-refractivity contribution in [1.82, 2.24) is 4.90 Å². The molecule has 1 aliphatic rings. The molecule has 1 atom stereocenters. The van der Waals surface area contributed by atoms with Crippen molar-refractivity contribution in [3.05, 3.63) is 53.6 Å². The van der Waals surface area contributed by atoms with Crippen LogP contribution in [0.5, 0.6) is 17.2 Å². The second kappa shape index (κ2) is 8.80. The normalized spacial score (nSPS) is 16.3.